The monoisotopic (exact) mass is 444 g/mol. The van der Waals surface area contributed by atoms with Gasteiger partial charge in [-0.1, -0.05) is 6.07 Å². The lowest BCUT2D eigenvalue weighted by molar-refractivity contribution is -0.144. The zero-order chi connectivity index (χ0) is 22.2. The first-order valence-corrected chi connectivity index (χ1v) is 10.3. The molecule has 0 fully saturated rings. The minimum atomic E-state index is -0.625. The normalized spacial score (nSPS) is 10.5. The van der Waals surface area contributed by atoms with Crippen molar-refractivity contribution in [3.05, 3.63) is 62.6 Å². The molecule has 0 spiro atoms. The molecule has 2 aromatic heterocycles. The largest absolute Gasteiger partial charge is 0.461 e. The van der Waals surface area contributed by atoms with Gasteiger partial charge in [0, 0.05) is 35.3 Å². The van der Waals surface area contributed by atoms with Crippen molar-refractivity contribution < 1.29 is 28.3 Å². The van der Waals surface area contributed by atoms with E-state index >= 15 is 0 Å². The fourth-order valence-electron chi connectivity index (χ4n) is 2.72. The van der Waals surface area contributed by atoms with E-state index in [1.165, 1.54) is 23.5 Å². The van der Waals surface area contributed by atoms with Gasteiger partial charge in [-0.2, -0.15) is 0 Å². The standard InChI is InChI=1S/C21H20N2O7S/c1-2-28-21(27)23-14-5-6-15-13(10-19(25)30-16(15)11-14)12-29-18(24)7-8-22-20(26)17-4-3-9-31-17/h3-6,9-11H,2,7-8,12H2,1H3,(H,22,26)(H,23,27). The topological polar surface area (TPSA) is 124 Å². The first kappa shape index (κ1) is 22.0. The number of amides is 2. The summed E-state index contributed by atoms with van der Waals surface area (Å²) in [5.74, 6) is -0.768. The van der Waals surface area contributed by atoms with Crippen LogP contribution in [-0.2, 0) is 20.9 Å². The van der Waals surface area contributed by atoms with E-state index in [0.29, 0.717) is 21.5 Å². The van der Waals surface area contributed by atoms with Crippen molar-refractivity contribution in [2.75, 3.05) is 18.5 Å². The summed E-state index contributed by atoms with van der Waals surface area (Å²) in [5, 5.41) is 7.52. The Morgan fingerprint density at radius 2 is 1.97 bits per heavy atom. The van der Waals surface area contributed by atoms with Crippen molar-refractivity contribution >= 4 is 46.0 Å². The fraction of sp³-hybridized carbons (Fsp3) is 0.238. The number of hydrogen-bond donors (Lipinski definition) is 2. The highest BCUT2D eigenvalue weighted by Gasteiger charge is 2.12. The Labute approximate surface area is 181 Å². The molecule has 3 rings (SSSR count). The maximum atomic E-state index is 12.0. The average molecular weight is 444 g/mol. The number of thiophene rings is 1. The van der Waals surface area contributed by atoms with E-state index in [4.69, 9.17) is 13.9 Å². The molecule has 162 valence electrons. The summed E-state index contributed by atoms with van der Waals surface area (Å²) in [6.07, 6.45) is -0.634. The Bertz CT molecular complexity index is 1140. The second kappa shape index (κ2) is 10.4. The van der Waals surface area contributed by atoms with Crippen LogP contribution in [0.3, 0.4) is 0 Å². The number of ether oxygens (including phenoxy) is 2. The van der Waals surface area contributed by atoms with Crippen molar-refractivity contribution in [1.82, 2.24) is 5.32 Å². The highest BCUT2D eigenvalue weighted by Crippen LogP contribution is 2.22. The molecule has 3 aromatic rings. The molecule has 0 radical (unpaired) electrons. The average Bonchev–Trinajstić information content (AvgIpc) is 3.27. The van der Waals surface area contributed by atoms with Gasteiger partial charge in [0.25, 0.3) is 5.91 Å². The molecule has 10 heteroatoms. The van der Waals surface area contributed by atoms with Crippen LogP contribution < -0.4 is 16.3 Å². The van der Waals surface area contributed by atoms with Gasteiger partial charge in [0.1, 0.15) is 12.2 Å². The number of hydrogen-bond acceptors (Lipinski definition) is 8. The van der Waals surface area contributed by atoms with Crippen LogP contribution in [0.1, 0.15) is 28.6 Å². The minimum Gasteiger partial charge on any atom is -0.461 e. The number of anilines is 1. The van der Waals surface area contributed by atoms with Gasteiger partial charge >= 0.3 is 17.7 Å². The van der Waals surface area contributed by atoms with E-state index in [-0.39, 0.29) is 37.7 Å². The summed E-state index contributed by atoms with van der Waals surface area (Å²) < 4.78 is 15.2. The Morgan fingerprint density at radius 1 is 1.13 bits per heavy atom. The molecule has 2 N–H and O–H groups in total. The van der Waals surface area contributed by atoms with Gasteiger partial charge in [0.15, 0.2) is 0 Å². The fourth-order valence-corrected chi connectivity index (χ4v) is 3.36. The number of benzene rings is 1. The van der Waals surface area contributed by atoms with E-state index in [1.54, 1.807) is 36.6 Å². The van der Waals surface area contributed by atoms with Crippen LogP contribution in [0.5, 0.6) is 0 Å². The maximum Gasteiger partial charge on any atom is 0.411 e. The quantitative estimate of drug-likeness (QED) is 0.404. The van der Waals surface area contributed by atoms with Crippen LogP contribution in [0, 0.1) is 0 Å². The van der Waals surface area contributed by atoms with Gasteiger partial charge in [-0.25, -0.2) is 9.59 Å². The molecular weight excluding hydrogens is 424 g/mol. The molecule has 2 amide bonds. The van der Waals surface area contributed by atoms with Crippen LogP contribution in [0.2, 0.25) is 0 Å². The van der Waals surface area contributed by atoms with E-state index in [1.807, 2.05) is 0 Å². The predicted molar refractivity (Wildman–Crippen MR) is 114 cm³/mol. The Kier molecular flexibility index (Phi) is 7.39. The Morgan fingerprint density at radius 3 is 2.71 bits per heavy atom. The zero-order valence-corrected chi connectivity index (χ0v) is 17.5. The molecule has 0 aliphatic heterocycles. The van der Waals surface area contributed by atoms with Crippen molar-refractivity contribution in [1.29, 1.82) is 0 Å². The summed E-state index contributed by atoms with van der Waals surface area (Å²) >= 11 is 1.31. The van der Waals surface area contributed by atoms with Gasteiger partial charge in [0.05, 0.1) is 17.9 Å². The highest BCUT2D eigenvalue weighted by atomic mass is 32.1. The SMILES string of the molecule is CCOC(=O)Nc1ccc2c(COC(=O)CCNC(=O)c3cccs3)cc(=O)oc2c1. The number of esters is 1. The first-order chi connectivity index (χ1) is 15.0. The third-order valence-electron chi connectivity index (χ3n) is 4.10. The molecule has 31 heavy (non-hydrogen) atoms. The third kappa shape index (κ3) is 6.16. The third-order valence-corrected chi connectivity index (χ3v) is 4.97. The lowest BCUT2D eigenvalue weighted by Crippen LogP contribution is -2.25. The molecule has 0 aliphatic rings. The Balaban J connectivity index is 1.59. The molecule has 1 aromatic carbocycles. The molecule has 0 bridgehead atoms. The van der Waals surface area contributed by atoms with Crippen molar-refractivity contribution in [2.45, 2.75) is 20.0 Å². The van der Waals surface area contributed by atoms with Crippen LogP contribution in [0.25, 0.3) is 11.0 Å². The van der Waals surface area contributed by atoms with Crippen LogP contribution >= 0.6 is 11.3 Å². The summed E-state index contributed by atoms with van der Waals surface area (Å²) in [5.41, 5.74) is 0.473. The number of fused-ring (bicyclic) bond motifs is 1. The van der Waals surface area contributed by atoms with E-state index in [0.717, 1.165) is 0 Å². The molecule has 0 aliphatic carbocycles. The number of nitrogens with one attached hydrogen (secondary N) is 2. The Hall–Kier alpha value is -3.66. The van der Waals surface area contributed by atoms with E-state index in [2.05, 4.69) is 10.6 Å². The van der Waals surface area contributed by atoms with Crippen molar-refractivity contribution in [3.8, 4) is 0 Å². The smallest absolute Gasteiger partial charge is 0.411 e. The highest BCUT2D eigenvalue weighted by molar-refractivity contribution is 7.12. The van der Waals surface area contributed by atoms with Gasteiger partial charge in [0.2, 0.25) is 0 Å². The molecule has 9 nitrogen and oxygen atoms in total. The van der Waals surface area contributed by atoms with Gasteiger partial charge in [-0.15, -0.1) is 11.3 Å². The van der Waals surface area contributed by atoms with Crippen LogP contribution in [0.4, 0.5) is 10.5 Å². The zero-order valence-electron chi connectivity index (χ0n) is 16.6. The van der Waals surface area contributed by atoms with E-state index < -0.39 is 17.7 Å². The second-order valence-electron chi connectivity index (χ2n) is 6.29. The maximum absolute atomic E-state index is 12.0. The molecule has 0 saturated heterocycles. The molecule has 2 heterocycles. The van der Waals surface area contributed by atoms with E-state index in [9.17, 15) is 19.2 Å². The summed E-state index contributed by atoms with van der Waals surface area (Å²) in [4.78, 5) is 47.8. The number of carbonyl (C=O) groups is 3. The van der Waals surface area contributed by atoms with Crippen LogP contribution in [-0.4, -0.2) is 31.1 Å². The number of carbonyl (C=O) groups excluding carboxylic acids is 3. The predicted octanol–water partition coefficient (Wildman–Crippen LogP) is 3.29. The van der Waals surface area contributed by atoms with Gasteiger partial charge < -0.3 is 19.2 Å². The van der Waals surface area contributed by atoms with Crippen LogP contribution in [0.15, 0.2) is 51.0 Å². The second-order valence-corrected chi connectivity index (χ2v) is 7.24. The lowest BCUT2D eigenvalue weighted by Gasteiger charge is -2.09. The molecule has 0 saturated carbocycles. The molecule has 0 unspecified atom stereocenters. The summed E-state index contributed by atoms with van der Waals surface area (Å²) in [6, 6.07) is 9.45. The first-order valence-electron chi connectivity index (χ1n) is 9.44. The van der Waals surface area contributed by atoms with Gasteiger partial charge in [-0.05, 0) is 30.5 Å². The van der Waals surface area contributed by atoms with Crippen molar-refractivity contribution in [3.63, 3.8) is 0 Å². The van der Waals surface area contributed by atoms with Gasteiger partial charge in [-0.3, -0.25) is 14.9 Å². The van der Waals surface area contributed by atoms with Crippen molar-refractivity contribution in [2.24, 2.45) is 0 Å². The molecular formula is C21H20N2O7S. The lowest BCUT2D eigenvalue weighted by atomic mass is 10.1. The minimum absolute atomic E-state index is 0.00982. The summed E-state index contributed by atoms with van der Waals surface area (Å²) in [6.45, 7) is 1.91. The summed E-state index contributed by atoms with van der Waals surface area (Å²) in [7, 11) is 0. The number of rotatable bonds is 8. The molecule has 0 atom stereocenters.